The van der Waals surface area contributed by atoms with Crippen LogP contribution in [-0.4, -0.2) is 37.6 Å². The summed E-state index contributed by atoms with van der Waals surface area (Å²) in [5, 5.41) is 3.57. The van der Waals surface area contributed by atoms with E-state index in [0.29, 0.717) is 5.92 Å². The quantitative estimate of drug-likeness (QED) is 0.676. The molecule has 2 heteroatoms. The van der Waals surface area contributed by atoms with Crippen LogP contribution in [0.25, 0.3) is 0 Å². The lowest BCUT2D eigenvalue weighted by Gasteiger charge is -2.20. The van der Waals surface area contributed by atoms with E-state index in [2.05, 4.69) is 61.3 Å². The molecular formula is C16H28N2. The zero-order chi connectivity index (χ0) is 13.2. The van der Waals surface area contributed by atoms with Gasteiger partial charge in [-0.05, 0) is 31.0 Å². The second kappa shape index (κ2) is 9.12. The average Bonchev–Trinajstić information content (AvgIpc) is 2.43. The molecule has 0 aliphatic rings. The highest BCUT2D eigenvalue weighted by atomic mass is 15.1. The molecule has 0 radical (unpaired) electrons. The summed E-state index contributed by atoms with van der Waals surface area (Å²) in [6, 6.07) is 10.7. The SMILES string of the molecule is CCCN(CC)CCNCC(C)c1ccccc1. The molecule has 18 heavy (non-hydrogen) atoms. The number of nitrogens with zero attached hydrogens (tertiary/aromatic N) is 1. The molecule has 0 aliphatic heterocycles. The van der Waals surface area contributed by atoms with E-state index < -0.39 is 0 Å². The molecule has 0 amide bonds. The summed E-state index contributed by atoms with van der Waals surface area (Å²) in [5.41, 5.74) is 1.42. The fourth-order valence-corrected chi connectivity index (χ4v) is 2.20. The van der Waals surface area contributed by atoms with Crippen molar-refractivity contribution in [2.75, 3.05) is 32.7 Å². The number of rotatable bonds is 9. The molecule has 0 spiro atoms. The summed E-state index contributed by atoms with van der Waals surface area (Å²) < 4.78 is 0. The van der Waals surface area contributed by atoms with Gasteiger partial charge in [0.1, 0.15) is 0 Å². The van der Waals surface area contributed by atoms with Crippen molar-refractivity contribution in [3.63, 3.8) is 0 Å². The highest BCUT2D eigenvalue weighted by Gasteiger charge is 2.04. The molecule has 1 atom stereocenters. The fourth-order valence-electron chi connectivity index (χ4n) is 2.20. The van der Waals surface area contributed by atoms with Gasteiger partial charge in [-0.1, -0.05) is 51.1 Å². The van der Waals surface area contributed by atoms with E-state index in [4.69, 9.17) is 0 Å². The zero-order valence-electron chi connectivity index (χ0n) is 12.2. The van der Waals surface area contributed by atoms with Gasteiger partial charge in [-0.15, -0.1) is 0 Å². The molecule has 0 aromatic heterocycles. The smallest absolute Gasteiger partial charge is 0.0107 e. The van der Waals surface area contributed by atoms with Crippen LogP contribution in [0.4, 0.5) is 0 Å². The van der Waals surface area contributed by atoms with E-state index in [-0.39, 0.29) is 0 Å². The lowest BCUT2D eigenvalue weighted by Crippen LogP contribution is -2.33. The van der Waals surface area contributed by atoms with Crippen molar-refractivity contribution >= 4 is 0 Å². The van der Waals surface area contributed by atoms with Crippen LogP contribution in [0, 0.1) is 0 Å². The lowest BCUT2D eigenvalue weighted by molar-refractivity contribution is 0.287. The number of hydrogen-bond acceptors (Lipinski definition) is 2. The van der Waals surface area contributed by atoms with E-state index in [1.54, 1.807) is 0 Å². The third kappa shape index (κ3) is 5.65. The lowest BCUT2D eigenvalue weighted by atomic mass is 10.0. The third-order valence-corrected chi connectivity index (χ3v) is 3.41. The number of nitrogens with one attached hydrogen (secondary N) is 1. The first-order chi connectivity index (χ1) is 8.77. The first-order valence-corrected chi connectivity index (χ1v) is 7.25. The Bertz CT molecular complexity index is 297. The Morgan fingerprint density at radius 1 is 1.11 bits per heavy atom. The predicted molar refractivity (Wildman–Crippen MR) is 80.1 cm³/mol. The van der Waals surface area contributed by atoms with Gasteiger partial charge in [0, 0.05) is 19.6 Å². The van der Waals surface area contributed by atoms with Crippen LogP contribution < -0.4 is 5.32 Å². The van der Waals surface area contributed by atoms with E-state index in [0.717, 1.165) is 26.2 Å². The van der Waals surface area contributed by atoms with Crippen molar-refractivity contribution in [2.24, 2.45) is 0 Å². The van der Waals surface area contributed by atoms with Crippen molar-refractivity contribution in [1.82, 2.24) is 10.2 Å². The van der Waals surface area contributed by atoms with Crippen molar-refractivity contribution in [2.45, 2.75) is 33.1 Å². The van der Waals surface area contributed by atoms with Gasteiger partial charge in [0.15, 0.2) is 0 Å². The van der Waals surface area contributed by atoms with Crippen LogP contribution in [0.3, 0.4) is 0 Å². The maximum absolute atomic E-state index is 3.57. The highest BCUT2D eigenvalue weighted by molar-refractivity contribution is 5.18. The molecule has 0 saturated heterocycles. The Kier molecular flexibility index (Phi) is 7.70. The van der Waals surface area contributed by atoms with Crippen LogP contribution in [0.2, 0.25) is 0 Å². The standard InChI is InChI=1S/C16H28N2/c1-4-12-18(5-2)13-11-17-14-15(3)16-9-7-6-8-10-16/h6-10,15,17H,4-5,11-14H2,1-3H3. The molecule has 0 heterocycles. The van der Waals surface area contributed by atoms with Crippen LogP contribution in [0.15, 0.2) is 30.3 Å². The second-order valence-electron chi connectivity index (χ2n) is 4.95. The van der Waals surface area contributed by atoms with Gasteiger partial charge < -0.3 is 10.2 Å². The Morgan fingerprint density at radius 3 is 2.44 bits per heavy atom. The second-order valence-corrected chi connectivity index (χ2v) is 4.95. The van der Waals surface area contributed by atoms with Crippen LogP contribution in [0.5, 0.6) is 0 Å². The van der Waals surface area contributed by atoms with E-state index >= 15 is 0 Å². The van der Waals surface area contributed by atoms with Crippen molar-refractivity contribution < 1.29 is 0 Å². The molecule has 102 valence electrons. The molecular weight excluding hydrogens is 220 g/mol. The largest absolute Gasteiger partial charge is 0.315 e. The predicted octanol–water partition coefficient (Wildman–Crippen LogP) is 3.11. The molecule has 1 aromatic rings. The molecule has 1 aromatic carbocycles. The Labute approximate surface area is 112 Å². The summed E-state index contributed by atoms with van der Waals surface area (Å²) in [6.07, 6.45) is 1.24. The zero-order valence-corrected chi connectivity index (χ0v) is 12.2. The van der Waals surface area contributed by atoms with Crippen LogP contribution in [0.1, 0.15) is 38.7 Å². The highest BCUT2D eigenvalue weighted by Crippen LogP contribution is 2.12. The van der Waals surface area contributed by atoms with Crippen LogP contribution in [-0.2, 0) is 0 Å². The van der Waals surface area contributed by atoms with Gasteiger partial charge in [-0.2, -0.15) is 0 Å². The normalized spacial score (nSPS) is 12.9. The molecule has 1 rings (SSSR count). The van der Waals surface area contributed by atoms with Gasteiger partial charge in [-0.25, -0.2) is 0 Å². The Balaban J connectivity index is 2.18. The molecule has 1 N–H and O–H groups in total. The molecule has 0 aliphatic carbocycles. The summed E-state index contributed by atoms with van der Waals surface area (Å²) >= 11 is 0. The number of likely N-dealkylation sites (N-methyl/N-ethyl adjacent to an activating group) is 1. The molecule has 0 bridgehead atoms. The van der Waals surface area contributed by atoms with Crippen molar-refractivity contribution in [3.05, 3.63) is 35.9 Å². The minimum atomic E-state index is 0.590. The molecule has 0 saturated carbocycles. The van der Waals surface area contributed by atoms with E-state index in [1.807, 2.05) is 0 Å². The van der Waals surface area contributed by atoms with Crippen LogP contribution >= 0.6 is 0 Å². The minimum Gasteiger partial charge on any atom is -0.315 e. The van der Waals surface area contributed by atoms with E-state index in [9.17, 15) is 0 Å². The Morgan fingerprint density at radius 2 is 1.83 bits per heavy atom. The van der Waals surface area contributed by atoms with E-state index in [1.165, 1.54) is 18.5 Å². The summed E-state index contributed by atoms with van der Waals surface area (Å²) in [5.74, 6) is 0.590. The summed E-state index contributed by atoms with van der Waals surface area (Å²) in [7, 11) is 0. The minimum absolute atomic E-state index is 0.590. The molecule has 1 unspecified atom stereocenters. The van der Waals surface area contributed by atoms with Gasteiger partial charge in [-0.3, -0.25) is 0 Å². The van der Waals surface area contributed by atoms with Gasteiger partial charge in [0.25, 0.3) is 0 Å². The maximum atomic E-state index is 3.57. The first kappa shape index (κ1) is 15.2. The van der Waals surface area contributed by atoms with Crippen molar-refractivity contribution in [3.8, 4) is 0 Å². The maximum Gasteiger partial charge on any atom is 0.0107 e. The number of benzene rings is 1. The first-order valence-electron chi connectivity index (χ1n) is 7.25. The monoisotopic (exact) mass is 248 g/mol. The molecule has 0 fully saturated rings. The Hall–Kier alpha value is -0.860. The summed E-state index contributed by atoms with van der Waals surface area (Å²) in [6.45, 7) is 12.4. The summed E-state index contributed by atoms with van der Waals surface area (Å²) in [4.78, 5) is 2.50. The number of hydrogen-bond donors (Lipinski definition) is 1. The topological polar surface area (TPSA) is 15.3 Å². The van der Waals surface area contributed by atoms with Gasteiger partial charge in [0.2, 0.25) is 0 Å². The molecule has 2 nitrogen and oxygen atoms in total. The average molecular weight is 248 g/mol. The third-order valence-electron chi connectivity index (χ3n) is 3.41. The fraction of sp³-hybridized carbons (Fsp3) is 0.625. The van der Waals surface area contributed by atoms with Gasteiger partial charge in [0.05, 0.1) is 0 Å². The van der Waals surface area contributed by atoms with Gasteiger partial charge >= 0.3 is 0 Å². The van der Waals surface area contributed by atoms with Crippen molar-refractivity contribution in [1.29, 1.82) is 0 Å².